The normalized spacial score (nSPS) is 19.7. The maximum Gasteiger partial charge on any atom is 0.0721 e. The third-order valence-corrected chi connectivity index (χ3v) is 2.51. The summed E-state index contributed by atoms with van der Waals surface area (Å²) in [7, 11) is 0. The third-order valence-electron chi connectivity index (χ3n) is 2.36. The number of thiocarbonyl (C=S) groups is 1. The highest BCUT2D eigenvalue weighted by Gasteiger charge is 2.12. The lowest BCUT2D eigenvalue weighted by Gasteiger charge is -2.21. The summed E-state index contributed by atoms with van der Waals surface area (Å²) in [5.41, 5.74) is 0. The second-order valence-corrected chi connectivity index (χ2v) is 4.05. The highest BCUT2D eigenvalue weighted by atomic mass is 32.1. The molecule has 1 aliphatic carbocycles. The molecule has 64 valence electrons. The summed E-state index contributed by atoms with van der Waals surface area (Å²) in [5, 5.41) is 3.25. The predicted octanol–water partition coefficient (Wildman–Crippen LogP) is 2.50. The molecule has 1 rings (SSSR count). The Morgan fingerprint density at radius 3 is 2.55 bits per heavy atom. The van der Waals surface area contributed by atoms with Gasteiger partial charge in [0.15, 0.2) is 0 Å². The van der Waals surface area contributed by atoms with Crippen LogP contribution in [0.5, 0.6) is 0 Å². The van der Waals surface area contributed by atoms with E-state index in [0.29, 0.717) is 0 Å². The van der Waals surface area contributed by atoms with Crippen molar-refractivity contribution in [1.82, 2.24) is 5.32 Å². The molecule has 0 spiro atoms. The van der Waals surface area contributed by atoms with Crippen molar-refractivity contribution in [1.29, 1.82) is 0 Å². The molecule has 0 bridgehead atoms. The average molecular weight is 171 g/mol. The molecule has 0 aromatic rings. The van der Waals surface area contributed by atoms with E-state index in [-0.39, 0.29) is 0 Å². The molecule has 0 unspecified atom stereocenters. The fraction of sp³-hybridized carbons (Fsp3) is 0.889. The van der Waals surface area contributed by atoms with Crippen LogP contribution in [-0.4, -0.2) is 11.5 Å². The Hall–Kier alpha value is -0.110. The minimum Gasteiger partial charge on any atom is -0.380 e. The van der Waals surface area contributed by atoms with E-state index in [1.165, 1.54) is 32.1 Å². The van der Waals surface area contributed by atoms with Crippen LogP contribution in [0.25, 0.3) is 0 Å². The first kappa shape index (κ1) is 8.98. The summed E-state index contributed by atoms with van der Waals surface area (Å²) < 4.78 is 0. The molecule has 2 heteroatoms. The Kier molecular flexibility index (Phi) is 3.84. The molecule has 1 N–H and O–H groups in total. The SMILES string of the molecule is CC(=S)NCC1CCCCC1. The highest BCUT2D eigenvalue weighted by Crippen LogP contribution is 2.22. The van der Waals surface area contributed by atoms with Crippen molar-refractivity contribution in [2.75, 3.05) is 6.54 Å². The Bertz CT molecular complexity index is 128. The average Bonchev–Trinajstić information content (AvgIpc) is 2.03. The molecule has 0 amide bonds. The molecule has 1 fully saturated rings. The van der Waals surface area contributed by atoms with Gasteiger partial charge in [-0.1, -0.05) is 31.5 Å². The molecular formula is C9H17NS. The van der Waals surface area contributed by atoms with Crippen molar-refractivity contribution in [3.63, 3.8) is 0 Å². The smallest absolute Gasteiger partial charge is 0.0721 e. The van der Waals surface area contributed by atoms with Crippen molar-refractivity contribution < 1.29 is 0 Å². The molecule has 0 saturated heterocycles. The summed E-state index contributed by atoms with van der Waals surface area (Å²) in [6.07, 6.45) is 7.07. The zero-order chi connectivity index (χ0) is 8.10. The summed E-state index contributed by atoms with van der Waals surface area (Å²) in [6, 6.07) is 0. The number of nitrogens with one attached hydrogen (secondary N) is 1. The van der Waals surface area contributed by atoms with Crippen LogP contribution in [0.4, 0.5) is 0 Å². The van der Waals surface area contributed by atoms with Gasteiger partial charge in [-0.25, -0.2) is 0 Å². The van der Waals surface area contributed by atoms with Gasteiger partial charge in [-0.15, -0.1) is 0 Å². The Morgan fingerprint density at radius 2 is 2.00 bits per heavy atom. The molecular weight excluding hydrogens is 154 g/mol. The summed E-state index contributed by atoms with van der Waals surface area (Å²) >= 11 is 4.95. The van der Waals surface area contributed by atoms with Crippen LogP contribution < -0.4 is 5.32 Å². The van der Waals surface area contributed by atoms with E-state index in [1.807, 2.05) is 6.92 Å². The lowest BCUT2D eigenvalue weighted by atomic mass is 9.89. The van der Waals surface area contributed by atoms with Gasteiger partial charge in [-0.2, -0.15) is 0 Å². The van der Waals surface area contributed by atoms with E-state index in [9.17, 15) is 0 Å². The quantitative estimate of drug-likeness (QED) is 0.641. The van der Waals surface area contributed by atoms with Gasteiger partial charge in [0.1, 0.15) is 0 Å². The lowest BCUT2D eigenvalue weighted by Crippen LogP contribution is -2.27. The number of hydrogen-bond donors (Lipinski definition) is 1. The maximum atomic E-state index is 4.95. The van der Waals surface area contributed by atoms with E-state index < -0.39 is 0 Å². The maximum absolute atomic E-state index is 4.95. The van der Waals surface area contributed by atoms with Crippen LogP contribution in [0.2, 0.25) is 0 Å². The minimum absolute atomic E-state index is 0.890. The monoisotopic (exact) mass is 171 g/mol. The molecule has 0 aromatic carbocycles. The van der Waals surface area contributed by atoms with E-state index >= 15 is 0 Å². The predicted molar refractivity (Wildman–Crippen MR) is 52.8 cm³/mol. The van der Waals surface area contributed by atoms with Crippen molar-refractivity contribution in [2.45, 2.75) is 39.0 Å². The molecule has 1 aliphatic rings. The molecule has 11 heavy (non-hydrogen) atoms. The third kappa shape index (κ3) is 3.71. The summed E-state index contributed by atoms with van der Waals surface area (Å²) in [6.45, 7) is 3.06. The molecule has 0 radical (unpaired) electrons. The van der Waals surface area contributed by atoms with Gasteiger partial charge in [-0.05, 0) is 25.7 Å². The van der Waals surface area contributed by atoms with E-state index in [4.69, 9.17) is 12.2 Å². The minimum atomic E-state index is 0.890. The first-order chi connectivity index (χ1) is 5.29. The van der Waals surface area contributed by atoms with Crippen molar-refractivity contribution in [2.24, 2.45) is 5.92 Å². The second kappa shape index (κ2) is 4.70. The van der Waals surface area contributed by atoms with Gasteiger partial charge in [0, 0.05) is 6.54 Å². The largest absolute Gasteiger partial charge is 0.380 e. The first-order valence-corrected chi connectivity index (χ1v) is 4.94. The van der Waals surface area contributed by atoms with Gasteiger partial charge >= 0.3 is 0 Å². The van der Waals surface area contributed by atoms with E-state index in [1.54, 1.807) is 0 Å². The summed E-state index contributed by atoms with van der Waals surface area (Å²) in [5.74, 6) is 0.890. The Balaban J connectivity index is 2.09. The standard InChI is InChI=1S/C9H17NS/c1-8(11)10-7-9-5-3-2-4-6-9/h9H,2-7H2,1H3,(H,10,11). The number of rotatable bonds is 2. The highest BCUT2D eigenvalue weighted by molar-refractivity contribution is 7.80. The molecule has 0 aliphatic heterocycles. The Labute approximate surface area is 74.6 Å². The molecule has 0 heterocycles. The van der Waals surface area contributed by atoms with Crippen LogP contribution in [0.15, 0.2) is 0 Å². The second-order valence-electron chi connectivity index (χ2n) is 3.44. The van der Waals surface area contributed by atoms with Crippen molar-refractivity contribution >= 4 is 17.2 Å². The van der Waals surface area contributed by atoms with E-state index in [0.717, 1.165) is 17.5 Å². The van der Waals surface area contributed by atoms with Crippen LogP contribution in [0, 0.1) is 5.92 Å². The molecule has 0 aromatic heterocycles. The van der Waals surface area contributed by atoms with Crippen LogP contribution in [-0.2, 0) is 0 Å². The number of hydrogen-bond acceptors (Lipinski definition) is 1. The van der Waals surface area contributed by atoms with Gasteiger partial charge in [0.2, 0.25) is 0 Å². The van der Waals surface area contributed by atoms with Gasteiger partial charge in [-0.3, -0.25) is 0 Å². The van der Waals surface area contributed by atoms with Crippen LogP contribution >= 0.6 is 12.2 Å². The van der Waals surface area contributed by atoms with Crippen molar-refractivity contribution in [3.05, 3.63) is 0 Å². The first-order valence-electron chi connectivity index (χ1n) is 4.53. The lowest BCUT2D eigenvalue weighted by molar-refractivity contribution is 0.357. The van der Waals surface area contributed by atoms with E-state index in [2.05, 4.69) is 5.32 Å². The molecule has 1 saturated carbocycles. The van der Waals surface area contributed by atoms with Crippen molar-refractivity contribution in [3.8, 4) is 0 Å². The van der Waals surface area contributed by atoms with Crippen LogP contribution in [0.3, 0.4) is 0 Å². The topological polar surface area (TPSA) is 12.0 Å². The molecule has 0 atom stereocenters. The Morgan fingerprint density at radius 1 is 1.36 bits per heavy atom. The zero-order valence-corrected chi connectivity index (χ0v) is 8.04. The van der Waals surface area contributed by atoms with Gasteiger partial charge in [0.05, 0.1) is 4.99 Å². The molecule has 1 nitrogen and oxygen atoms in total. The summed E-state index contributed by atoms with van der Waals surface area (Å²) in [4.78, 5) is 0.940. The fourth-order valence-electron chi connectivity index (χ4n) is 1.68. The fourth-order valence-corrected chi connectivity index (χ4v) is 1.76. The van der Waals surface area contributed by atoms with Crippen LogP contribution in [0.1, 0.15) is 39.0 Å². The van der Waals surface area contributed by atoms with Gasteiger partial charge < -0.3 is 5.32 Å². The van der Waals surface area contributed by atoms with Gasteiger partial charge in [0.25, 0.3) is 0 Å². The zero-order valence-electron chi connectivity index (χ0n) is 7.23.